The average Bonchev–Trinajstić information content (AvgIpc) is 2.82. The van der Waals surface area contributed by atoms with Gasteiger partial charge in [0.2, 0.25) is 0 Å². The quantitative estimate of drug-likeness (QED) is 0.461. The molecule has 68 valence electrons. The molecular weight excluding hydrogens is 148 g/mol. The first-order valence-electron chi connectivity index (χ1n) is 4.68. The van der Waals surface area contributed by atoms with Gasteiger partial charge in [0.25, 0.3) is 0 Å². The van der Waals surface area contributed by atoms with Gasteiger partial charge in [-0.2, -0.15) is 0 Å². The van der Waals surface area contributed by atoms with Crippen LogP contribution >= 0.6 is 0 Å². The zero-order valence-corrected chi connectivity index (χ0v) is 7.84. The molecule has 1 saturated carbocycles. The maximum Gasteiger partial charge on any atom is 0.0596 e. The fourth-order valence-corrected chi connectivity index (χ4v) is 1.18. The maximum absolute atomic E-state index is 5.18. The van der Waals surface area contributed by atoms with Gasteiger partial charge in [0.1, 0.15) is 0 Å². The standard InChI is InChI=1S/C10H18N2/c1-3-8-12(2)9-4-7-11-10-5-6-10/h1,10-11H,4-9H2,2H3. The molecule has 0 bridgehead atoms. The largest absolute Gasteiger partial charge is 0.314 e. The summed E-state index contributed by atoms with van der Waals surface area (Å²) in [5.41, 5.74) is 0. The zero-order chi connectivity index (χ0) is 8.81. The molecule has 1 rings (SSSR count). The van der Waals surface area contributed by atoms with Gasteiger partial charge in [0.15, 0.2) is 0 Å². The van der Waals surface area contributed by atoms with Crippen molar-refractivity contribution in [3.63, 3.8) is 0 Å². The molecule has 1 N–H and O–H groups in total. The number of nitrogens with zero attached hydrogens (tertiary/aromatic N) is 1. The second-order valence-electron chi connectivity index (χ2n) is 3.52. The molecule has 0 amide bonds. The van der Waals surface area contributed by atoms with Crippen molar-refractivity contribution in [2.75, 3.05) is 26.7 Å². The lowest BCUT2D eigenvalue weighted by Gasteiger charge is -2.12. The van der Waals surface area contributed by atoms with Gasteiger partial charge in [-0.1, -0.05) is 5.92 Å². The molecule has 12 heavy (non-hydrogen) atoms. The van der Waals surface area contributed by atoms with Crippen molar-refractivity contribution < 1.29 is 0 Å². The minimum atomic E-state index is 0.767. The summed E-state index contributed by atoms with van der Waals surface area (Å²) < 4.78 is 0. The van der Waals surface area contributed by atoms with Crippen molar-refractivity contribution in [2.24, 2.45) is 0 Å². The molecule has 0 aromatic carbocycles. The second kappa shape index (κ2) is 5.18. The number of hydrogen-bond donors (Lipinski definition) is 1. The molecule has 0 atom stereocenters. The Balaban J connectivity index is 1.83. The predicted molar refractivity (Wildman–Crippen MR) is 52.0 cm³/mol. The van der Waals surface area contributed by atoms with Gasteiger partial charge in [-0.3, -0.25) is 4.90 Å². The van der Waals surface area contributed by atoms with Crippen molar-refractivity contribution in [3.8, 4) is 12.3 Å². The van der Waals surface area contributed by atoms with Gasteiger partial charge < -0.3 is 5.32 Å². The van der Waals surface area contributed by atoms with E-state index in [9.17, 15) is 0 Å². The van der Waals surface area contributed by atoms with Crippen LogP contribution in [0.25, 0.3) is 0 Å². The van der Waals surface area contributed by atoms with Crippen LogP contribution in [0.5, 0.6) is 0 Å². The highest BCUT2D eigenvalue weighted by Crippen LogP contribution is 2.18. The molecule has 0 spiro atoms. The average molecular weight is 166 g/mol. The van der Waals surface area contributed by atoms with Crippen LogP contribution in [0.4, 0.5) is 0 Å². The Hall–Kier alpha value is -0.520. The Bertz CT molecular complexity index is 156. The van der Waals surface area contributed by atoms with E-state index in [0.717, 1.165) is 25.7 Å². The normalized spacial score (nSPS) is 16.4. The molecule has 1 aliphatic carbocycles. The van der Waals surface area contributed by atoms with E-state index < -0.39 is 0 Å². The first-order valence-corrected chi connectivity index (χ1v) is 4.68. The van der Waals surface area contributed by atoms with Crippen LogP contribution in [-0.2, 0) is 0 Å². The third-order valence-electron chi connectivity index (χ3n) is 2.09. The monoisotopic (exact) mass is 166 g/mol. The Morgan fingerprint density at radius 3 is 2.92 bits per heavy atom. The minimum Gasteiger partial charge on any atom is -0.314 e. The molecule has 1 aliphatic rings. The van der Waals surface area contributed by atoms with E-state index in [0.29, 0.717) is 0 Å². The zero-order valence-electron chi connectivity index (χ0n) is 7.84. The van der Waals surface area contributed by atoms with Gasteiger partial charge in [-0.25, -0.2) is 0 Å². The lowest BCUT2D eigenvalue weighted by Crippen LogP contribution is -2.25. The molecular formula is C10H18N2. The van der Waals surface area contributed by atoms with Gasteiger partial charge in [-0.15, -0.1) is 6.42 Å². The Kier molecular flexibility index (Phi) is 4.13. The fraction of sp³-hybridized carbons (Fsp3) is 0.800. The molecule has 0 aromatic rings. The summed E-state index contributed by atoms with van der Waals surface area (Å²) in [6.45, 7) is 3.01. The summed E-state index contributed by atoms with van der Waals surface area (Å²) in [5, 5.41) is 3.48. The minimum absolute atomic E-state index is 0.767. The molecule has 0 radical (unpaired) electrons. The van der Waals surface area contributed by atoms with Crippen molar-refractivity contribution in [2.45, 2.75) is 25.3 Å². The molecule has 0 aromatic heterocycles. The van der Waals surface area contributed by atoms with Crippen LogP contribution in [-0.4, -0.2) is 37.6 Å². The van der Waals surface area contributed by atoms with Crippen LogP contribution in [0.15, 0.2) is 0 Å². The van der Waals surface area contributed by atoms with E-state index in [1.54, 1.807) is 0 Å². The first-order chi connectivity index (χ1) is 5.83. The van der Waals surface area contributed by atoms with E-state index >= 15 is 0 Å². The molecule has 2 nitrogen and oxygen atoms in total. The molecule has 0 unspecified atom stereocenters. The summed E-state index contributed by atoms with van der Waals surface area (Å²) in [7, 11) is 2.07. The fourth-order valence-electron chi connectivity index (χ4n) is 1.18. The van der Waals surface area contributed by atoms with Crippen LogP contribution in [0.3, 0.4) is 0 Å². The smallest absolute Gasteiger partial charge is 0.0596 e. The SMILES string of the molecule is C#CCN(C)CCCNC1CC1. The van der Waals surface area contributed by atoms with Crippen molar-refractivity contribution in [1.29, 1.82) is 0 Å². The maximum atomic E-state index is 5.18. The first kappa shape index (κ1) is 9.57. The van der Waals surface area contributed by atoms with Crippen LogP contribution in [0.1, 0.15) is 19.3 Å². The van der Waals surface area contributed by atoms with E-state index in [2.05, 4.69) is 23.2 Å². The molecule has 0 heterocycles. The van der Waals surface area contributed by atoms with E-state index in [1.807, 2.05) is 0 Å². The topological polar surface area (TPSA) is 15.3 Å². The number of rotatable bonds is 6. The third kappa shape index (κ3) is 4.38. The number of hydrogen-bond acceptors (Lipinski definition) is 2. The Morgan fingerprint density at radius 1 is 1.58 bits per heavy atom. The van der Waals surface area contributed by atoms with Gasteiger partial charge in [0, 0.05) is 6.04 Å². The lowest BCUT2D eigenvalue weighted by atomic mass is 10.4. The van der Waals surface area contributed by atoms with Crippen LogP contribution < -0.4 is 5.32 Å². The highest BCUT2D eigenvalue weighted by Gasteiger charge is 2.19. The third-order valence-corrected chi connectivity index (χ3v) is 2.09. The van der Waals surface area contributed by atoms with Crippen molar-refractivity contribution in [3.05, 3.63) is 0 Å². The van der Waals surface area contributed by atoms with Gasteiger partial charge in [-0.05, 0) is 39.4 Å². The summed E-state index contributed by atoms with van der Waals surface area (Å²) >= 11 is 0. The summed E-state index contributed by atoms with van der Waals surface area (Å²) in [6.07, 6.45) is 9.14. The number of terminal acetylenes is 1. The Morgan fingerprint density at radius 2 is 2.33 bits per heavy atom. The molecule has 2 heteroatoms. The molecule has 0 saturated heterocycles. The number of nitrogens with one attached hydrogen (secondary N) is 1. The van der Waals surface area contributed by atoms with E-state index in [1.165, 1.54) is 19.3 Å². The van der Waals surface area contributed by atoms with Gasteiger partial charge >= 0.3 is 0 Å². The van der Waals surface area contributed by atoms with Gasteiger partial charge in [0.05, 0.1) is 6.54 Å². The van der Waals surface area contributed by atoms with Crippen molar-refractivity contribution in [1.82, 2.24) is 10.2 Å². The summed E-state index contributed by atoms with van der Waals surface area (Å²) in [4.78, 5) is 2.18. The van der Waals surface area contributed by atoms with E-state index in [4.69, 9.17) is 6.42 Å². The molecule has 0 aliphatic heterocycles. The van der Waals surface area contributed by atoms with Crippen LogP contribution in [0, 0.1) is 12.3 Å². The second-order valence-corrected chi connectivity index (χ2v) is 3.52. The molecule has 1 fully saturated rings. The van der Waals surface area contributed by atoms with Crippen LogP contribution in [0.2, 0.25) is 0 Å². The summed E-state index contributed by atoms with van der Waals surface area (Å²) in [6, 6.07) is 0.836. The lowest BCUT2D eigenvalue weighted by molar-refractivity contribution is 0.365. The highest BCUT2D eigenvalue weighted by atomic mass is 15.1. The predicted octanol–water partition coefficient (Wildman–Crippen LogP) is 0.694. The highest BCUT2D eigenvalue weighted by molar-refractivity contribution is 4.87. The summed E-state index contributed by atoms with van der Waals surface area (Å²) in [5.74, 6) is 2.64. The van der Waals surface area contributed by atoms with Crippen molar-refractivity contribution >= 4 is 0 Å². The van der Waals surface area contributed by atoms with E-state index in [-0.39, 0.29) is 0 Å². The Labute approximate surface area is 75.3 Å².